The Labute approximate surface area is 102 Å². The normalized spacial score (nSPS) is 13.2. The van der Waals surface area contributed by atoms with Crippen LogP contribution in [-0.2, 0) is 14.3 Å². The van der Waals surface area contributed by atoms with Crippen molar-refractivity contribution in [2.75, 3.05) is 12.8 Å². The summed E-state index contributed by atoms with van der Waals surface area (Å²) >= 11 is 0. The lowest BCUT2D eigenvalue weighted by Gasteiger charge is -2.33. The Hall–Kier alpha value is -1.55. The van der Waals surface area contributed by atoms with E-state index in [0.717, 1.165) is 5.56 Å². The SMILES string of the molecule is COC(C)(C)[C@@H](OC(C)=O)c1ccccc1N. The first-order valence-electron chi connectivity index (χ1n) is 5.45. The van der Waals surface area contributed by atoms with Crippen molar-refractivity contribution in [3.63, 3.8) is 0 Å². The van der Waals surface area contributed by atoms with E-state index in [1.807, 2.05) is 32.0 Å². The Bertz CT molecular complexity index is 401. The molecule has 0 spiro atoms. The topological polar surface area (TPSA) is 61.5 Å². The third kappa shape index (κ3) is 3.20. The number of para-hydroxylation sites is 1. The van der Waals surface area contributed by atoms with Gasteiger partial charge in [0.05, 0.1) is 0 Å². The molecule has 0 heterocycles. The van der Waals surface area contributed by atoms with Gasteiger partial charge in [-0.15, -0.1) is 0 Å². The first-order valence-corrected chi connectivity index (χ1v) is 5.45. The highest BCUT2D eigenvalue weighted by molar-refractivity contribution is 5.67. The predicted octanol–water partition coefficient (Wildman–Crippen LogP) is 2.30. The molecule has 0 saturated heterocycles. The zero-order valence-electron chi connectivity index (χ0n) is 10.7. The van der Waals surface area contributed by atoms with Gasteiger partial charge in [0.25, 0.3) is 0 Å². The van der Waals surface area contributed by atoms with Crippen molar-refractivity contribution in [1.29, 1.82) is 0 Å². The van der Waals surface area contributed by atoms with E-state index >= 15 is 0 Å². The third-order valence-electron chi connectivity index (χ3n) is 2.72. The van der Waals surface area contributed by atoms with Crippen molar-refractivity contribution in [2.24, 2.45) is 0 Å². The molecule has 1 rings (SSSR count). The van der Waals surface area contributed by atoms with Crippen LogP contribution in [0.5, 0.6) is 0 Å². The number of carbonyl (C=O) groups is 1. The molecule has 0 aliphatic heterocycles. The molecule has 0 radical (unpaired) electrons. The highest BCUT2D eigenvalue weighted by Gasteiger charge is 2.34. The van der Waals surface area contributed by atoms with Crippen LogP contribution in [0.2, 0.25) is 0 Å². The number of nitrogen functional groups attached to an aromatic ring is 1. The Morgan fingerprint density at radius 3 is 2.41 bits per heavy atom. The van der Waals surface area contributed by atoms with Gasteiger partial charge in [0.2, 0.25) is 0 Å². The van der Waals surface area contributed by atoms with Crippen molar-refractivity contribution in [3.05, 3.63) is 29.8 Å². The Balaban J connectivity index is 3.15. The third-order valence-corrected chi connectivity index (χ3v) is 2.72. The van der Waals surface area contributed by atoms with Gasteiger partial charge in [-0.05, 0) is 19.9 Å². The molecule has 1 aromatic carbocycles. The lowest BCUT2D eigenvalue weighted by atomic mass is 9.93. The largest absolute Gasteiger partial charge is 0.455 e. The summed E-state index contributed by atoms with van der Waals surface area (Å²) in [4.78, 5) is 11.2. The Morgan fingerprint density at radius 2 is 1.94 bits per heavy atom. The molecule has 17 heavy (non-hydrogen) atoms. The quantitative estimate of drug-likeness (QED) is 0.644. The minimum absolute atomic E-state index is 0.358. The maximum atomic E-state index is 11.2. The van der Waals surface area contributed by atoms with Crippen LogP contribution in [0.4, 0.5) is 5.69 Å². The van der Waals surface area contributed by atoms with Gasteiger partial charge >= 0.3 is 5.97 Å². The van der Waals surface area contributed by atoms with E-state index < -0.39 is 11.7 Å². The number of anilines is 1. The molecule has 1 atom stereocenters. The first kappa shape index (κ1) is 13.5. The molecule has 0 aliphatic rings. The number of methoxy groups -OCH3 is 1. The van der Waals surface area contributed by atoms with Gasteiger partial charge in [-0.25, -0.2) is 0 Å². The Kier molecular flexibility index (Phi) is 4.12. The predicted molar refractivity (Wildman–Crippen MR) is 66.4 cm³/mol. The van der Waals surface area contributed by atoms with Crippen LogP contribution in [0, 0.1) is 0 Å². The van der Waals surface area contributed by atoms with Crippen LogP contribution in [0.25, 0.3) is 0 Å². The van der Waals surface area contributed by atoms with Gasteiger partial charge in [0, 0.05) is 25.3 Å². The molecule has 0 fully saturated rings. The van der Waals surface area contributed by atoms with Crippen LogP contribution >= 0.6 is 0 Å². The smallest absolute Gasteiger partial charge is 0.303 e. The molecule has 94 valence electrons. The van der Waals surface area contributed by atoms with E-state index in [1.54, 1.807) is 13.2 Å². The number of rotatable bonds is 4. The van der Waals surface area contributed by atoms with E-state index in [0.29, 0.717) is 5.69 Å². The number of hydrogen-bond donors (Lipinski definition) is 1. The van der Waals surface area contributed by atoms with Crippen LogP contribution in [0.3, 0.4) is 0 Å². The number of nitrogens with two attached hydrogens (primary N) is 1. The molecule has 0 aliphatic carbocycles. The van der Waals surface area contributed by atoms with E-state index in [1.165, 1.54) is 6.92 Å². The molecule has 4 heteroatoms. The summed E-state index contributed by atoms with van der Waals surface area (Å²) in [5.41, 5.74) is 6.61. The molecule has 2 N–H and O–H groups in total. The van der Waals surface area contributed by atoms with Crippen molar-refractivity contribution in [1.82, 2.24) is 0 Å². The average molecular weight is 237 g/mol. The summed E-state index contributed by atoms with van der Waals surface area (Å²) in [5, 5.41) is 0. The summed E-state index contributed by atoms with van der Waals surface area (Å²) in [6.07, 6.45) is -0.522. The van der Waals surface area contributed by atoms with Crippen LogP contribution in [0.15, 0.2) is 24.3 Å². The summed E-state index contributed by atoms with van der Waals surface area (Å²) in [7, 11) is 1.58. The monoisotopic (exact) mass is 237 g/mol. The standard InChI is InChI=1S/C13H19NO3/c1-9(15)17-12(13(2,3)16-4)10-7-5-6-8-11(10)14/h5-8,12H,14H2,1-4H3/t12-/m0/s1. The van der Waals surface area contributed by atoms with Gasteiger partial charge in [0.1, 0.15) is 5.60 Å². The van der Waals surface area contributed by atoms with Crippen LogP contribution in [0.1, 0.15) is 32.4 Å². The fourth-order valence-electron chi connectivity index (χ4n) is 1.60. The number of benzene rings is 1. The van der Waals surface area contributed by atoms with Gasteiger partial charge in [0.15, 0.2) is 6.10 Å². The zero-order chi connectivity index (χ0) is 13.1. The summed E-state index contributed by atoms with van der Waals surface area (Å²) in [5.74, 6) is -0.358. The maximum Gasteiger partial charge on any atom is 0.303 e. The summed E-state index contributed by atoms with van der Waals surface area (Å²) < 4.78 is 10.7. The minimum atomic E-state index is -0.638. The molecule has 4 nitrogen and oxygen atoms in total. The highest BCUT2D eigenvalue weighted by Crippen LogP contribution is 2.34. The number of esters is 1. The van der Waals surface area contributed by atoms with E-state index in [4.69, 9.17) is 15.2 Å². The van der Waals surface area contributed by atoms with Gasteiger partial charge < -0.3 is 15.2 Å². The molecule has 0 amide bonds. The lowest BCUT2D eigenvalue weighted by molar-refractivity contribution is -0.163. The van der Waals surface area contributed by atoms with Gasteiger partial charge in [-0.2, -0.15) is 0 Å². The summed E-state index contributed by atoms with van der Waals surface area (Å²) in [6, 6.07) is 7.30. The fraction of sp³-hybridized carbons (Fsp3) is 0.462. The van der Waals surface area contributed by atoms with Crippen molar-refractivity contribution in [2.45, 2.75) is 32.5 Å². The number of hydrogen-bond acceptors (Lipinski definition) is 4. The molecule has 0 unspecified atom stereocenters. The van der Waals surface area contributed by atoms with Crippen molar-refractivity contribution < 1.29 is 14.3 Å². The molecule has 0 saturated carbocycles. The molecular formula is C13H19NO3. The lowest BCUT2D eigenvalue weighted by Crippen LogP contribution is -2.34. The summed E-state index contributed by atoms with van der Waals surface area (Å²) in [6.45, 7) is 5.08. The Morgan fingerprint density at radius 1 is 1.35 bits per heavy atom. The maximum absolute atomic E-state index is 11.2. The van der Waals surface area contributed by atoms with E-state index in [2.05, 4.69) is 0 Å². The van der Waals surface area contributed by atoms with Crippen molar-refractivity contribution in [3.8, 4) is 0 Å². The molecular weight excluding hydrogens is 218 g/mol. The molecule has 1 aromatic rings. The molecule has 0 aromatic heterocycles. The second-order valence-electron chi connectivity index (χ2n) is 4.43. The van der Waals surface area contributed by atoms with Crippen LogP contribution < -0.4 is 5.73 Å². The zero-order valence-corrected chi connectivity index (χ0v) is 10.7. The fourth-order valence-corrected chi connectivity index (χ4v) is 1.60. The van der Waals surface area contributed by atoms with E-state index in [9.17, 15) is 4.79 Å². The van der Waals surface area contributed by atoms with Gasteiger partial charge in [-0.1, -0.05) is 18.2 Å². The van der Waals surface area contributed by atoms with Gasteiger partial charge in [-0.3, -0.25) is 4.79 Å². The first-order chi connectivity index (χ1) is 7.88. The number of carbonyl (C=O) groups excluding carboxylic acids is 1. The highest BCUT2D eigenvalue weighted by atomic mass is 16.6. The number of ether oxygens (including phenoxy) is 2. The minimum Gasteiger partial charge on any atom is -0.455 e. The second kappa shape index (κ2) is 5.19. The average Bonchev–Trinajstić information content (AvgIpc) is 2.26. The van der Waals surface area contributed by atoms with E-state index in [-0.39, 0.29) is 5.97 Å². The van der Waals surface area contributed by atoms with Crippen molar-refractivity contribution >= 4 is 11.7 Å². The van der Waals surface area contributed by atoms with Crippen LogP contribution in [-0.4, -0.2) is 18.7 Å². The second-order valence-corrected chi connectivity index (χ2v) is 4.43. The molecule has 0 bridgehead atoms.